The number of amidine groups is 1. The fourth-order valence-corrected chi connectivity index (χ4v) is 5.17. The summed E-state index contributed by atoms with van der Waals surface area (Å²) >= 11 is 0. The highest BCUT2D eigenvalue weighted by molar-refractivity contribution is 7.90. The molecule has 2 aliphatic rings. The molecule has 7 nitrogen and oxygen atoms in total. The summed E-state index contributed by atoms with van der Waals surface area (Å²) in [7, 11) is -3.85. The number of nitrogens with zero attached hydrogens (tertiary/aromatic N) is 3. The lowest BCUT2D eigenvalue weighted by atomic mass is 9.95. The van der Waals surface area contributed by atoms with Gasteiger partial charge in [-0.25, -0.2) is 9.40 Å². The summed E-state index contributed by atoms with van der Waals surface area (Å²) in [5.74, 6) is -0.455. The zero-order valence-electron chi connectivity index (χ0n) is 17.6. The third kappa shape index (κ3) is 5.04. The van der Waals surface area contributed by atoms with Crippen LogP contribution >= 0.6 is 0 Å². The van der Waals surface area contributed by atoms with Crippen LogP contribution in [0.25, 0.3) is 0 Å². The summed E-state index contributed by atoms with van der Waals surface area (Å²) in [6, 6.07) is 12.8. The van der Waals surface area contributed by atoms with Crippen LogP contribution in [-0.2, 0) is 14.8 Å². The molecule has 2 aromatic carbocycles. The molecule has 1 N–H and O–H groups in total. The molecule has 1 saturated carbocycles. The Morgan fingerprint density at radius 3 is 2.62 bits per heavy atom. The van der Waals surface area contributed by atoms with Crippen molar-refractivity contribution >= 4 is 28.0 Å². The molecule has 2 aromatic rings. The minimum absolute atomic E-state index is 0.0905. The minimum Gasteiger partial charge on any atom is -0.353 e. The van der Waals surface area contributed by atoms with Crippen LogP contribution in [0.1, 0.15) is 49.7 Å². The maximum Gasteiger partial charge on any atom is 0.285 e. The van der Waals surface area contributed by atoms with Crippen molar-refractivity contribution in [1.29, 1.82) is 0 Å². The van der Waals surface area contributed by atoms with E-state index in [-0.39, 0.29) is 41.2 Å². The second-order valence-corrected chi connectivity index (χ2v) is 9.50. The lowest BCUT2D eigenvalue weighted by Crippen LogP contribution is -2.38. The number of hydrogen-bond donors (Lipinski definition) is 1. The fourth-order valence-electron chi connectivity index (χ4n) is 3.96. The summed E-state index contributed by atoms with van der Waals surface area (Å²) in [5.41, 5.74) is 0.657. The Hall–Kier alpha value is -3.07. The molecule has 0 bridgehead atoms. The Labute approximate surface area is 187 Å². The normalized spacial score (nSPS) is 17.7. The Morgan fingerprint density at radius 1 is 1.12 bits per heavy atom. The first kappa shape index (κ1) is 22.1. The van der Waals surface area contributed by atoms with E-state index in [4.69, 9.17) is 0 Å². The second-order valence-electron chi connectivity index (χ2n) is 7.93. The highest BCUT2D eigenvalue weighted by Gasteiger charge is 2.32. The summed E-state index contributed by atoms with van der Waals surface area (Å²) in [4.78, 5) is 12.6. The number of fused-ring (bicyclic) bond motifs is 1. The minimum atomic E-state index is -3.85. The van der Waals surface area contributed by atoms with Gasteiger partial charge in [-0.1, -0.05) is 49.6 Å². The van der Waals surface area contributed by atoms with Crippen molar-refractivity contribution in [2.24, 2.45) is 9.50 Å². The number of benzene rings is 2. The van der Waals surface area contributed by atoms with E-state index >= 15 is 0 Å². The number of carbonyl (C=O) groups is 1. The van der Waals surface area contributed by atoms with Crippen LogP contribution in [0.2, 0.25) is 0 Å². The highest BCUT2D eigenvalue weighted by atomic mass is 32.2. The fraction of sp³-hybridized carbons (Fsp3) is 0.348. The molecule has 1 aliphatic heterocycles. The first-order chi connectivity index (χ1) is 15.4. The Balaban J connectivity index is 1.56. The molecule has 0 saturated heterocycles. The molecule has 4 rings (SSSR count). The second kappa shape index (κ2) is 9.60. The van der Waals surface area contributed by atoms with E-state index in [1.807, 2.05) is 0 Å². The molecule has 0 spiro atoms. The molecule has 1 amide bonds. The van der Waals surface area contributed by atoms with Gasteiger partial charge in [0.25, 0.3) is 10.0 Å². The van der Waals surface area contributed by atoms with Gasteiger partial charge in [0.15, 0.2) is 5.84 Å². The number of carbonyl (C=O) groups excluding carboxylic acids is 1. The van der Waals surface area contributed by atoms with E-state index in [9.17, 15) is 17.6 Å². The molecular formula is C23H25FN4O3S. The van der Waals surface area contributed by atoms with Gasteiger partial charge >= 0.3 is 0 Å². The van der Waals surface area contributed by atoms with Gasteiger partial charge < -0.3 is 5.32 Å². The van der Waals surface area contributed by atoms with Crippen molar-refractivity contribution < 1.29 is 17.6 Å². The van der Waals surface area contributed by atoms with Crippen LogP contribution in [0.3, 0.4) is 0 Å². The van der Waals surface area contributed by atoms with Crippen LogP contribution in [0.4, 0.5) is 4.39 Å². The van der Waals surface area contributed by atoms with Crippen molar-refractivity contribution in [2.45, 2.75) is 49.5 Å². The lowest BCUT2D eigenvalue weighted by molar-refractivity contribution is -0.122. The van der Waals surface area contributed by atoms with Crippen molar-refractivity contribution in [2.75, 3.05) is 6.54 Å². The topological polar surface area (TPSA) is 91.2 Å². The molecule has 0 unspecified atom stereocenters. The molecule has 9 heteroatoms. The van der Waals surface area contributed by atoms with Crippen LogP contribution in [0, 0.1) is 5.82 Å². The van der Waals surface area contributed by atoms with Gasteiger partial charge in [0, 0.05) is 23.6 Å². The number of sulfonamides is 1. The predicted molar refractivity (Wildman–Crippen MR) is 120 cm³/mol. The summed E-state index contributed by atoms with van der Waals surface area (Å²) in [6.45, 7) is 0.103. The standard InChI is InChI=1S/C23H25FN4O3S/c24-20-12-6-4-8-17(20)16-25-28(15-14-22(29)26-18-9-2-1-3-10-18)23-19-11-5-7-13-21(19)32(30,31)27-23/h4-8,11-13,16,18H,1-3,9-10,14-15H2,(H,26,29)/b25-16-. The van der Waals surface area contributed by atoms with E-state index in [2.05, 4.69) is 14.8 Å². The van der Waals surface area contributed by atoms with Crippen LogP contribution in [0.15, 0.2) is 62.9 Å². The molecular weight excluding hydrogens is 431 g/mol. The average molecular weight is 457 g/mol. The molecule has 1 aliphatic carbocycles. The van der Waals surface area contributed by atoms with Crippen molar-refractivity contribution in [3.63, 3.8) is 0 Å². The van der Waals surface area contributed by atoms with E-state index in [1.54, 1.807) is 36.4 Å². The van der Waals surface area contributed by atoms with Gasteiger partial charge in [-0.2, -0.15) is 13.5 Å². The van der Waals surface area contributed by atoms with Crippen molar-refractivity contribution in [1.82, 2.24) is 10.3 Å². The maximum absolute atomic E-state index is 14.1. The third-order valence-corrected chi connectivity index (χ3v) is 6.94. The number of amides is 1. The van der Waals surface area contributed by atoms with Gasteiger partial charge in [0.2, 0.25) is 5.91 Å². The zero-order chi connectivity index (χ0) is 22.6. The number of halogens is 1. The first-order valence-corrected chi connectivity index (χ1v) is 12.2. The zero-order valence-corrected chi connectivity index (χ0v) is 18.4. The van der Waals surface area contributed by atoms with Gasteiger partial charge in [-0.05, 0) is 31.0 Å². The number of nitrogens with one attached hydrogen (secondary N) is 1. The van der Waals surface area contributed by atoms with Gasteiger partial charge in [0.1, 0.15) is 10.7 Å². The Kier molecular flexibility index (Phi) is 6.64. The summed E-state index contributed by atoms with van der Waals surface area (Å²) in [5, 5.41) is 8.72. The van der Waals surface area contributed by atoms with E-state index < -0.39 is 15.8 Å². The number of hydrogen-bond acceptors (Lipinski definition) is 5. The molecule has 0 radical (unpaired) electrons. The quantitative estimate of drug-likeness (QED) is 0.532. The van der Waals surface area contributed by atoms with E-state index in [1.165, 1.54) is 29.8 Å². The Bertz CT molecular complexity index is 1160. The van der Waals surface area contributed by atoms with Crippen LogP contribution in [0.5, 0.6) is 0 Å². The average Bonchev–Trinajstić information content (AvgIpc) is 3.06. The van der Waals surface area contributed by atoms with Gasteiger partial charge in [0.05, 0.1) is 12.8 Å². The van der Waals surface area contributed by atoms with Crippen molar-refractivity contribution in [3.8, 4) is 0 Å². The van der Waals surface area contributed by atoms with Crippen LogP contribution < -0.4 is 5.32 Å². The highest BCUT2D eigenvalue weighted by Crippen LogP contribution is 2.27. The number of hydrazone groups is 1. The van der Waals surface area contributed by atoms with Gasteiger partial charge in [-0.15, -0.1) is 4.40 Å². The molecule has 168 valence electrons. The maximum atomic E-state index is 14.1. The SMILES string of the molecule is O=C(CCN(/N=C\c1ccccc1F)C1=NS(=O)(=O)c2ccccc21)NC1CCCCC1. The monoisotopic (exact) mass is 456 g/mol. The Morgan fingerprint density at radius 2 is 1.84 bits per heavy atom. The molecule has 1 fully saturated rings. The third-order valence-electron chi connectivity index (χ3n) is 5.62. The lowest BCUT2D eigenvalue weighted by Gasteiger charge is -2.24. The first-order valence-electron chi connectivity index (χ1n) is 10.7. The molecule has 0 aromatic heterocycles. The summed E-state index contributed by atoms with van der Waals surface area (Å²) < 4.78 is 42.9. The molecule has 0 atom stereocenters. The number of rotatable bonds is 6. The largest absolute Gasteiger partial charge is 0.353 e. The van der Waals surface area contributed by atoms with Gasteiger partial charge in [-0.3, -0.25) is 4.79 Å². The predicted octanol–water partition coefficient (Wildman–Crippen LogP) is 3.45. The van der Waals surface area contributed by atoms with Crippen molar-refractivity contribution in [3.05, 3.63) is 65.5 Å². The molecule has 1 heterocycles. The van der Waals surface area contributed by atoms with Crippen LogP contribution in [-0.4, -0.2) is 44.0 Å². The van der Waals surface area contributed by atoms with E-state index in [0.29, 0.717) is 5.56 Å². The summed E-state index contributed by atoms with van der Waals surface area (Å²) in [6.07, 6.45) is 6.76. The smallest absolute Gasteiger partial charge is 0.285 e. The van der Waals surface area contributed by atoms with E-state index in [0.717, 1.165) is 25.7 Å². The molecule has 32 heavy (non-hydrogen) atoms.